The number of aromatic nitrogens is 4. The third-order valence-corrected chi connectivity index (χ3v) is 11.5. The third kappa shape index (κ3) is 7.04. The summed E-state index contributed by atoms with van der Waals surface area (Å²) >= 11 is 1.71. The lowest BCUT2D eigenvalue weighted by molar-refractivity contribution is -0.137. The minimum atomic E-state index is -0.731. The number of hydrogen-bond donors (Lipinski definition) is 4. The van der Waals surface area contributed by atoms with Gasteiger partial charge in [0, 0.05) is 43.9 Å². The van der Waals surface area contributed by atoms with Gasteiger partial charge in [0.25, 0.3) is 0 Å². The number of methoxy groups -OCH3 is 2. The molecular weight excluding hydrogens is 697 g/mol. The molecule has 5 atom stereocenters. The molecule has 15 heteroatoms. The minimum Gasteiger partial charge on any atom is -0.453 e. The van der Waals surface area contributed by atoms with Crippen LogP contribution in [-0.4, -0.2) is 92.6 Å². The number of nitrogens with zero attached hydrogens (tertiary/aromatic N) is 4. The Kier molecular flexibility index (Phi) is 10.1. The van der Waals surface area contributed by atoms with Gasteiger partial charge in [0.2, 0.25) is 11.8 Å². The van der Waals surface area contributed by atoms with Gasteiger partial charge in [0.1, 0.15) is 23.7 Å². The number of piperidine rings is 1. The Hall–Kier alpha value is -5.44. The van der Waals surface area contributed by atoms with Gasteiger partial charge < -0.3 is 39.9 Å². The van der Waals surface area contributed by atoms with E-state index in [2.05, 4.69) is 66.7 Å². The van der Waals surface area contributed by atoms with Crippen molar-refractivity contribution in [3.63, 3.8) is 0 Å². The number of carbonyl (C=O) groups is 4. The maximum atomic E-state index is 13.5. The lowest BCUT2D eigenvalue weighted by Gasteiger charge is -2.36. The van der Waals surface area contributed by atoms with Crippen molar-refractivity contribution < 1.29 is 28.7 Å². The summed E-state index contributed by atoms with van der Waals surface area (Å²) in [5, 5.41) is 7.48. The van der Waals surface area contributed by atoms with E-state index < -0.39 is 24.3 Å². The molecule has 1 saturated heterocycles. The number of amides is 4. The standard InChI is InChI=1S/C38H44N8O6S/c1-6-13-45(35(47)20(2)41-37(49)51-4)19-32-39-17-28(43-32)22-8-11-26-27-12-9-23(16-31(27)53-30(26)15-22)29-18-40-34(44-29)33-24-7-10-25(14-24)46(33)36(48)21(3)42-38(50)52-5/h8-9,11-12,15-18,20-21,24-25,33H,6-7,10,13-14,19H2,1-5H3,(H,39,43)(H,40,44)(H,41,49)(H,42,50)/t20-,21-,24-,25+,33-/m0/s1. The number of ether oxygens (including phenoxy) is 2. The molecule has 2 aromatic carbocycles. The largest absolute Gasteiger partial charge is 0.453 e. The molecule has 0 spiro atoms. The Balaban J connectivity index is 1.09. The molecule has 4 amide bonds. The van der Waals surface area contributed by atoms with Crippen molar-refractivity contribution in [3.8, 4) is 22.5 Å². The lowest BCUT2D eigenvalue weighted by atomic mass is 9.97. The summed E-state index contributed by atoms with van der Waals surface area (Å²) in [5.41, 5.74) is 3.71. The van der Waals surface area contributed by atoms with Gasteiger partial charge in [-0.1, -0.05) is 31.2 Å². The molecule has 4 N–H and O–H groups in total. The molecule has 1 aliphatic heterocycles. The Labute approximate surface area is 310 Å². The van der Waals surface area contributed by atoms with E-state index >= 15 is 0 Å². The van der Waals surface area contributed by atoms with Crippen LogP contribution in [0.1, 0.15) is 64.1 Å². The van der Waals surface area contributed by atoms with Gasteiger partial charge in [-0.15, -0.1) is 11.3 Å². The van der Waals surface area contributed by atoms with Gasteiger partial charge in [-0.3, -0.25) is 9.59 Å². The number of likely N-dealkylation sites (tertiary alicyclic amines) is 1. The first kappa shape index (κ1) is 35.9. The van der Waals surface area contributed by atoms with Gasteiger partial charge in [-0.25, -0.2) is 19.6 Å². The molecule has 4 heterocycles. The predicted octanol–water partition coefficient (Wildman–Crippen LogP) is 6.11. The highest BCUT2D eigenvalue weighted by Crippen LogP contribution is 2.50. The van der Waals surface area contributed by atoms with Crippen LogP contribution in [0.4, 0.5) is 9.59 Å². The molecule has 1 aliphatic carbocycles. The summed E-state index contributed by atoms with van der Waals surface area (Å²) in [5.74, 6) is 1.39. The lowest BCUT2D eigenvalue weighted by Crippen LogP contribution is -2.50. The molecule has 7 rings (SSSR count). The number of H-pyrrole nitrogens is 2. The molecule has 0 unspecified atom stereocenters. The monoisotopic (exact) mass is 740 g/mol. The van der Waals surface area contributed by atoms with E-state index in [0.29, 0.717) is 18.3 Å². The number of alkyl carbamates (subject to hydrolysis) is 2. The number of rotatable bonds is 11. The first-order valence-corrected chi connectivity index (χ1v) is 18.8. The highest BCUT2D eigenvalue weighted by atomic mass is 32.1. The molecule has 2 aliphatic rings. The maximum absolute atomic E-state index is 13.5. The molecule has 1 saturated carbocycles. The normalized spacial score (nSPS) is 19.0. The first-order chi connectivity index (χ1) is 25.6. The van der Waals surface area contributed by atoms with E-state index in [0.717, 1.165) is 74.2 Å². The topological polar surface area (TPSA) is 175 Å². The summed E-state index contributed by atoms with van der Waals surface area (Å²) in [6.45, 7) is 6.12. The second-order valence-electron chi connectivity index (χ2n) is 13.8. The summed E-state index contributed by atoms with van der Waals surface area (Å²) in [6, 6.07) is 11.3. The summed E-state index contributed by atoms with van der Waals surface area (Å²) < 4.78 is 11.6. The van der Waals surface area contributed by atoms with Crippen molar-refractivity contribution in [1.82, 2.24) is 40.4 Å². The fraction of sp³-hybridized carbons (Fsp3) is 0.421. The van der Waals surface area contributed by atoms with E-state index in [-0.39, 0.29) is 30.4 Å². The molecule has 2 bridgehead atoms. The highest BCUT2D eigenvalue weighted by molar-refractivity contribution is 7.25. The van der Waals surface area contributed by atoms with Crippen LogP contribution in [0.2, 0.25) is 0 Å². The fourth-order valence-electron chi connectivity index (χ4n) is 7.80. The molecule has 5 aromatic rings. The van der Waals surface area contributed by atoms with Gasteiger partial charge in [0.05, 0.1) is 50.6 Å². The van der Waals surface area contributed by atoms with Gasteiger partial charge >= 0.3 is 12.2 Å². The molecular formula is C38H44N8O6S. The van der Waals surface area contributed by atoms with E-state index in [1.165, 1.54) is 14.2 Å². The van der Waals surface area contributed by atoms with Crippen molar-refractivity contribution in [2.24, 2.45) is 5.92 Å². The number of benzene rings is 2. The zero-order valence-electron chi connectivity index (χ0n) is 30.4. The zero-order chi connectivity index (χ0) is 37.4. The summed E-state index contributed by atoms with van der Waals surface area (Å²) in [7, 11) is 2.55. The van der Waals surface area contributed by atoms with Crippen LogP contribution in [0, 0.1) is 5.92 Å². The summed E-state index contributed by atoms with van der Waals surface area (Å²) in [4.78, 5) is 69.9. The quantitative estimate of drug-likeness (QED) is 0.125. The fourth-order valence-corrected chi connectivity index (χ4v) is 8.99. The number of hydrogen-bond acceptors (Lipinski definition) is 9. The Morgan fingerprint density at radius 3 is 2.17 bits per heavy atom. The Bertz CT molecular complexity index is 2180. The van der Waals surface area contributed by atoms with Crippen LogP contribution in [0.15, 0.2) is 48.8 Å². The number of nitrogens with one attached hydrogen (secondary N) is 4. The second-order valence-corrected chi connectivity index (χ2v) is 14.9. The molecule has 2 fully saturated rings. The minimum absolute atomic E-state index is 0.129. The smallest absolute Gasteiger partial charge is 0.407 e. The first-order valence-electron chi connectivity index (χ1n) is 17.9. The molecule has 0 radical (unpaired) electrons. The van der Waals surface area contributed by atoms with Crippen molar-refractivity contribution in [2.75, 3.05) is 20.8 Å². The highest BCUT2D eigenvalue weighted by Gasteiger charge is 2.50. The summed E-state index contributed by atoms with van der Waals surface area (Å²) in [6.07, 6.45) is 6.02. The van der Waals surface area contributed by atoms with Crippen molar-refractivity contribution >= 4 is 55.5 Å². The Morgan fingerprint density at radius 2 is 1.53 bits per heavy atom. The number of carbonyl (C=O) groups excluding carboxylic acids is 4. The van der Waals surface area contributed by atoms with Gasteiger partial charge in [0.15, 0.2) is 0 Å². The van der Waals surface area contributed by atoms with Gasteiger partial charge in [-0.05, 0) is 57.6 Å². The van der Waals surface area contributed by atoms with Crippen LogP contribution < -0.4 is 10.6 Å². The van der Waals surface area contributed by atoms with Gasteiger partial charge in [-0.2, -0.15) is 0 Å². The molecule has 14 nitrogen and oxygen atoms in total. The van der Waals surface area contributed by atoms with Crippen molar-refractivity contribution in [2.45, 2.75) is 77.2 Å². The van der Waals surface area contributed by atoms with E-state index in [1.807, 2.05) is 18.0 Å². The van der Waals surface area contributed by atoms with Crippen LogP contribution in [0.3, 0.4) is 0 Å². The van der Waals surface area contributed by atoms with Crippen LogP contribution in [0.5, 0.6) is 0 Å². The van der Waals surface area contributed by atoms with E-state index in [1.54, 1.807) is 36.3 Å². The van der Waals surface area contributed by atoms with E-state index in [9.17, 15) is 19.2 Å². The third-order valence-electron chi connectivity index (χ3n) is 10.4. The van der Waals surface area contributed by atoms with Crippen molar-refractivity contribution in [3.05, 3.63) is 60.4 Å². The molecule has 3 aromatic heterocycles. The zero-order valence-corrected chi connectivity index (χ0v) is 31.2. The average molecular weight is 741 g/mol. The number of thiophene rings is 1. The van der Waals surface area contributed by atoms with Crippen LogP contribution >= 0.6 is 11.3 Å². The van der Waals surface area contributed by atoms with Crippen LogP contribution in [-0.2, 0) is 25.6 Å². The van der Waals surface area contributed by atoms with E-state index in [4.69, 9.17) is 9.72 Å². The number of fused-ring (bicyclic) bond motifs is 5. The average Bonchev–Trinajstić information content (AvgIpc) is 4.01. The van der Waals surface area contributed by atoms with Crippen molar-refractivity contribution in [1.29, 1.82) is 0 Å². The molecule has 278 valence electrons. The number of imidazole rings is 2. The maximum Gasteiger partial charge on any atom is 0.407 e. The Morgan fingerprint density at radius 1 is 0.906 bits per heavy atom. The molecule has 53 heavy (non-hydrogen) atoms. The second kappa shape index (κ2) is 14.9. The SMILES string of the molecule is CCCN(Cc1ncc(-c2ccc3c(c2)sc2cc(-c4cnc([C@@H]5[C@H]6CC[C@H](C6)N5C(=O)[C@H](C)NC(=O)OC)[nH]4)ccc23)[nH]1)C(=O)[C@H](C)NC(=O)OC. The number of aromatic amines is 2. The predicted molar refractivity (Wildman–Crippen MR) is 201 cm³/mol. The van der Waals surface area contributed by atoms with Crippen LogP contribution in [0.25, 0.3) is 42.7 Å².